The number of hydrogen-bond donors (Lipinski definition) is 3. The fourth-order valence-corrected chi connectivity index (χ4v) is 5.04. The lowest BCUT2D eigenvalue weighted by atomic mass is 9.75. The Balaban J connectivity index is 2.60. The molecule has 0 aliphatic rings. The molecule has 0 spiro atoms. The second kappa shape index (κ2) is 8.58. The van der Waals surface area contributed by atoms with Crippen LogP contribution < -0.4 is 0 Å². The van der Waals surface area contributed by atoms with E-state index in [1.807, 2.05) is 13.8 Å². The molecule has 3 atom stereocenters. The molecule has 3 rings (SSSR count). The molecule has 0 saturated carbocycles. The Hall–Kier alpha value is -2.86. The minimum absolute atomic E-state index is 0.0903. The highest BCUT2D eigenvalue weighted by Crippen LogP contribution is 2.54. The quantitative estimate of drug-likeness (QED) is 0.346. The van der Waals surface area contributed by atoms with Crippen molar-refractivity contribution in [3.05, 3.63) is 78.3 Å². The normalized spacial score (nSPS) is 16.3. The molecule has 3 N–H and O–H groups in total. The fraction of sp³-hybridized carbons (Fsp3) is 0.250. The number of para-hydroxylation sites is 1. The molecular formula is C24H25FNO5P. The van der Waals surface area contributed by atoms with Crippen LogP contribution in [0.3, 0.4) is 0 Å². The van der Waals surface area contributed by atoms with Gasteiger partial charge in [-0.2, -0.15) is 0 Å². The molecule has 0 saturated heterocycles. The van der Waals surface area contributed by atoms with Gasteiger partial charge in [0.1, 0.15) is 11.4 Å². The van der Waals surface area contributed by atoms with Crippen molar-refractivity contribution in [2.45, 2.75) is 37.4 Å². The van der Waals surface area contributed by atoms with E-state index in [4.69, 9.17) is 0 Å². The molecule has 3 unspecified atom stereocenters. The number of aromatic nitrogens is 1. The Morgan fingerprint density at radius 3 is 2.28 bits per heavy atom. The number of hydrogen-bond acceptors (Lipinski definition) is 4. The van der Waals surface area contributed by atoms with E-state index in [9.17, 15) is 28.9 Å². The van der Waals surface area contributed by atoms with Crippen molar-refractivity contribution in [2.75, 3.05) is 0 Å². The smallest absolute Gasteiger partial charge is 0.326 e. The zero-order valence-corrected chi connectivity index (χ0v) is 19.0. The molecule has 0 fully saturated rings. The van der Waals surface area contributed by atoms with Crippen LogP contribution in [0.5, 0.6) is 0 Å². The average Bonchev–Trinajstić information content (AvgIpc) is 2.73. The molecule has 0 radical (unpaired) electrons. The second-order valence-electron chi connectivity index (χ2n) is 8.12. The molecule has 0 bridgehead atoms. The third-order valence-corrected chi connectivity index (χ3v) is 7.42. The van der Waals surface area contributed by atoms with E-state index >= 15 is 0 Å². The van der Waals surface area contributed by atoms with Gasteiger partial charge in [0, 0.05) is 10.9 Å². The third-order valence-electron chi connectivity index (χ3n) is 5.84. The van der Waals surface area contributed by atoms with E-state index in [1.54, 1.807) is 24.3 Å². The van der Waals surface area contributed by atoms with Crippen molar-refractivity contribution in [1.29, 1.82) is 0 Å². The molecule has 2 aromatic carbocycles. The summed E-state index contributed by atoms with van der Waals surface area (Å²) in [6.07, 6.45) is 0.810. The first-order chi connectivity index (χ1) is 15.0. The summed E-state index contributed by atoms with van der Waals surface area (Å²) >= 11 is 0. The lowest BCUT2D eigenvalue weighted by Gasteiger charge is -2.40. The summed E-state index contributed by atoms with van der Waals surface area (Å²) in [7, 11) is -3.89. The number of carboxylic acids is 1. The van der Waals surface area contributed by atoms with Gasteiger partial charge in [-0.1, -0.05) is 50.3 Å². The van der Waals surface area contributed by atoms with E-state index in [0.29, 0.717) is 27.7 Å². The van der Waals surface area contributed by atoms with Crippen molar-refractivity contribution < 1.29 is 28.9 Å². The van der Waals surface area contributed by atoms with Gasteiger partial charge in [-0.3, -0.25) is 14.3 Å². The van der Waals surface area contributed by atoms with Crippen molar-refractivity contribution >= 4 is 24.9 Å². The summed E-state index contributed by atoms with van der Waals surface area (Å²) in [6.45, 7) is 8.31. The molecular weight excluding hydrogens is 432 g/mol. The topological polar surface area (TPSA) is 108 Å². The molecule has 3 aromatic rings. The van der Waals surface area contributed by atoms with Gasteiger partial charge in [-0.15, -0.1) is 6.58 Å². The summed E-state index contributed by atoms with van der Waals surface area (Å²) in [5.74, 6) is -2.43. The predicted molar refractivity (Wildman–Crippen MR) is 123 cm³/mol. The van der Waals surface area contributed by atoms with E-state index < -0.39 is 30.6 Å². The van der Waals surface area contributed by atoms with Crippen LogP contribution in [0, 0.1) is 5.82 Å². The maximum atomic E-state index is 13.7. The van der Waals surface area contributed by atoms with Crippen molar-refractivity contribution in [3.63, 3.8) is 0 Å². The number of halogens is 1. The van der Waals surface area contributed by atoms with E-state index in [-0.39, 0.29) is 11.5 Å². The molecule has 32 heavy (non-hydrogen) atoms. The molecule has 1 aromatic heterocycles. The Morgan fingerprint density at radius 2 is 1.78 bits per heavy atom. The maximum absolute atomic E-state index is 13.7. The van der Waals surface area contributed by atoms with Gasteiger partial charge in [-0.25, -0.2) is 4.39 Å². The molecule has 0 aliphatic heterocycles. The van der Waals surface area contributed by atoms with Gasteiger partial charge in [-0.05, 0) is 42.2 Å². The van der Waals surface area contributed by atoms with Crippen LogP contribution in [-0.4, -0.2) is 31.2 Å². The molecule has 6 nitrogen and oxygen atoms in total. The Labute approximate surface area is 185 Å². The van der Waals surface area contributed by atoms with Crippen LogP contribution in [-0.2, 0) is 15.0 Å². The fourth-order valence-electron chi connectivity index (χ4n) is 4.14. The summed E-state index contributed by atoms with van der Waals surface area (Å²) in [4.78, 5) is 27.1. The lowest BCUT2D eigenvalue weighted by Crippen LogP contribution is -2.52. The number of carboxylic acid groups (broad SMARTS) is 1. The number of fused-ring (bicyclic) bond motifs is 1. The molecule has 0 amide bonds. The lowest BCUT2D eigenvalue weighted by molar-refractivity contribution is -0.145. The van der Waals surface area contributed by atoms with E-state index in [1.165, 1.54) is 31.2 Å². The van der Waals surface area contributed by atoms with Crippen molar-refractivity contribution in [3.8, 4) is 11.1 Å². The van der Waals surface area contributed by atoms with Crippen LogP contribution >= 0.6 is 8.03 Å². The number of rotatable bonds is 7. The van der Waals surface area contributed by atoms with Gasteiger partial charge >= 0.3 is 5.97 Å². The Bertz CT molecular complexity index is 1210. The van der Waals surface area contributed by atoms with Gasteiger partial charge in [0.15, 0.2) is 5.16 Å². The van der Waals surface area contributed by atoms with Gasteiger partial charge in [0.05, 0.1) is 11.2 Å². The largest absolute Gasteiger partial charge is 0.480 e. The molecule has 0 aliphatic carbocycles. The number of benzene rings is 2. The van der Waals surface area contributed by atoms with Crippen LogP contribution in [0.4, 0.5) is 4.39 Å². The van der Waals surface area contributed by atoms with Gasteiger partial charge in [0.25, 0.3) is 0 Å². The summed E-state index contributed by atoms with van der Waals surface area (Å²) in [6, 6.07) is 12.6. The third kappa shape index (κ3) is 3.56. The minimum Gasteiger partial charge on any atom is -0.480 e. The first-order valence-electron chi connectivity index (χ1n) is 10.0. The monoisotopic (exact) mass is 457 g/mol. The standard InChI is InChI=1S/C24H25FNO5P/c1-5-24(22(27)28,32(30)31)23(4,29)20-19(15-10-12-16(25)13-11-15)17-8-6-7-9-18(17)26-21(20)14(2)3/h5-14,29,32H,1H2,2-4H3,(H,27,28)(H,30,31). The highest BCUT2D eigenvalue weighted by molar-refractivity contribution is 7.42. The number of aliphatic hydroxyl groups is 1. The number of nitrogens with zero attached hydrogens (tertiary/aromatic N) is 1. The van der Waals surface area contributed by atoms with Crippen molar-refractivity contribution in [2.24, 2.45) is 0 Å². The zero-order chi connectivity index (χ0) is 23.8. The second-order valence-corrected chi connectivity index (χ2v) is 9.52. The summed E-state index contributed by atoms with van der Waals surface area (Å²) in [5, 5.41) is 19.8. The molecule has 168 valence electrons. The molecule has 8 heteroatoms. The predicted octanol–water partition coefficient (Wildman–Crippen LogP) is 4.85. The van der Waals surface area contributed by atoms with E-state index in [0.717, 1.165) is 6.08 Å². The van der Waals surface area contributed by atoms with Crippen LogP contribution in [0.2, 0.25) is 0 Å². The zero-order valence-electron chi connectivity index (χ0n) is 18.0. The Kier molecular flexibility index (Phi) is 6.38. The van der Waals surface area contributed by atoms with Gasteiger partial charge < -0.3 is 15.1 Å². The van der Waals surface area contributed by atoms with Crippen LogP contribution in [0.25, 0.3) is 22.0 Å². The first kappa shape index (κ1) is 23.8. The van der Waals surface area contributed by atoms with Crippen LogP contribution in [0.1, 0.15) is 37.9 Å². The highest BCUT2D eigenvalue weighted by atomic mass is 31.1. The van der Waals surface area contributed by atoms with Crippen LogP contribution in [0.15, 0.2) is 61.2 Å². The first-order valence-corrected chi connectivity index (χ1v) is 11.4. The SMILES string of the molecule is C=CC(C(=O)O)([PH](=O)O)C(C)(O)c1c(C(C)C)nc2ccccc2c1-c1ccc(F)cc1. The number of pyridine rings is 1. The molecule has 1 heterocycles. The van der Waals surface area contributed by atoms with E-state index in [2.05, 4.69) is 11.6 Å². The maximum Gasteiger partial charge on any atom is 0.326 e. The number of carbonyl (C=O) groups is 1. The number of aliphatic carboxylic acids is 1. The summed E-state index contributed by atoms with van der Waals surface area (Å²) in [5.41, 5.74) is -0.420. The summed E-state index contributed by atoms with van der Waals surface area (Å²) < 4.78 is 26.1. The van der Waals surface area contributed by atoms with Crippen molar-refractivity contribution in [1.82, 2.24) is 4.98 Å². The minimum atomic E-state index is -3.89. The average molecular weight is 457 g/mol. The highest BCUT2D eigenvalue weighted by Gasteiger charge is 2.58. The van der Waals surface area contributed by atoms with Gasteiger partial charge in [0.2, 0.25) is 8.03 Å². The Morgan fingerprint density at radius 1 is 1.19 bits per heavy atom.